The zero-order valence-corrected chi connectivity index (χ0v) is 22.4. The van der Waals surface area contributed by atoms with Gasteiger partial charge in [-0.3, -0.25) is 0 Å². The van der Waals surface area contributed by atoms with Crippen LogP contribution in [0.5, 0.6) is 0 Å². The minimum absolute atomic E-state index is 0. The molecule has 0 spiro atoms. The van der Waals surface area contributed by atoms with Crippen LogP contribution in [-0.2, 0) is 0 Å². The van der Waals surface area contributed by atoms with Crippen LogP contribution in [0.4, 0.5) is 0 Å². The van der Waals surface area contributed by atoms with E-state index in [-0.39, 0.29) is 36.8 Å². The summed E-state index contributed by atoms with van der Waals surface area (Å²) in [7, 11) is 0. The monoisotopic (exact) mass is 509 g/mol. The van der Waals surface area contributed by atoms with Gasteiger partial charge in [0.05, 0.1) is 26.4 Å². The standard InChI is InChI=1S/C26H56NO3.BrH/c1-2-3-4-5-6-7-8-9-10-11-12-13-14-15-16-17-18-19-20-27(21-24-28,22-25-29)23-26-30;/h28-30H,2-26H2,1H3;1H/q+1;/p-1. The largest absolute Gasteiger partial charge is 1.00 e. The Morgan fingerprint density at radius 1 is 0.387 bits per heavy atom. The highest BCUT2D eigenvalue weighted by atomic mass is 79.9. The SMILES string of the molecule is CCCCCCCCCCCCCCCCCCCC[N+](CCO)(CCO)CCO.[Br-]. The van der Waals surface area contributed by atoms with Gasteiger partial charge in [-0.05, 0) is 12.8 Å². The lowest BCUT2D eigenvalue weighted by Gasteiger charge is -2.37. The van der Waals surface area contributed by atoms with Crippen molar-refractivity contribution in [1.82, 2.24) is 0 Å². The van der Waals surface area contributed by atoms with Crippen molar-refractivity contribution in [1.29, 1.82) is 0 Å². The lowest BCUT2D eigenvalue weighted by Crippen LogP contribution is -3.00. The minimum atomic E-state index is 0. The molecule has 0 bridgehead atoms. The molecule has 31 heavy (non-hydrogen) atoms. The first-order valence-corrected chi connectivity index (χ1v) is 13.4. The third kappa shape index (κ3) is 21.9. The molecule has 0 saturated carbocycles. The topological polar surface area (TPSA) is 60.7 Å². The van der Waals surface area contributed by atoms with Crippen molar-refractivity contribution in [3.05, 3.63) is 0 Å². The van der Waals surface area contributed by atoms with Gasteiger partial charge in [0.2, 0.25) is 0 Å². The molecular formula is C26H56BrNO3. The van der Waals surface area contributed by atoms with Gasteiger partial charge in [-0.15, -0.1) is 0 Å². The van der Waals surface area contributed by atoms with Gasteiger partial charge >= 0.3 is 0 Å². The number of aliphatic hydroxyl groups is 3. The van der Waals surface area contributed by atoms with E-state index in [9.17, 15) is 15.3 Å². The Bertz CT molecular complexity index is 315. The average molecular weight is 511 g/mol. The third-order valence-electron chi connectivity index (χ3n) is 6.71. The summed E-state index contributed by atoms with van der Waals surface area (Å²) in [6.07, 6.45) is 24.8. The number of nitrogens with zero attached hydrogens (tertiary/aromatic N) is 1. The predicted octanol–water partition coefficient (Wildman–Crippen LogP) is 2.83. The Labute approximate surface area is 205 Å². The Morgan fingerprint density at radius 3 is 0.903 bits per heavy atom. The first-order valence-electron chi connectivity index (χ1n) is 13.4. The van der Waals surface area contributed by atoms with Gasteiger partial charge in [-0.2, -0.15) is 0 Å². The molecule has 0 rings (SSSR count). The van der Waals surface area contributed by atoms with E-state index in [2.05, 4.69) is 6.92 Å². The van der Waals surface area contributed by atoms with E-state index >= 15 is 0 Å². The van der Waals surface area contributed by atoms with Crippen molar-refractivity contribution in [2.75, 3.05) is 46.0 Å². The summed E-state index contributed by atoms with van der Waals surface area (Å²) in [6.45, 7) is 5.53. The van der Waals surface area contributed by atoms with Crippen LogP contribution < -0.4 is 17.0 Å². The highest BCUT2D eigenvalue weighted by Gasteiger charge is 2.25. The maximum atomic E-state index is 9.33. The van der Waals surface area contributed by atoms with Gasteiger partial charge in [-0.25, -0.2) is 0 Å². The smallest absolute Gasteiger partial charge is 0.102 e. The van der Waals surface area contributed by atoms with Crippen LogP contribution in [0.3, 0.4) is 0 Å². The molecule has 0 fully saturated rings. The highest BCUT2D eigenvalue weighted by Crippen LogP contribution is 2.15. The van der Waals surface area contributed by atoms with Crippen LogP contribution in [-0.4, -0.2) is 65.8 Å². The van der Waals surface area contributed by atoms with Crippen molar-refractivity contribution in [2.24, 2.45) is 0 Å². The second kappa shape index (κ2) is 26.6. The molecule has 0 radical (unpaired) electrons. The molecule has 0 unspecified atom stereocenters. The first-order chi connectivity index (χ1) is 14.7. The van der Waals surface area contributed by atoms with Crippen molar-refractivity contribution in [2.45, 2.75) is 122 Å². The summed E-state index contributed by atoms with van der Waals surface area (Å²) in [5.41, 5.74) is 0. The number of unbranched alkanes of at least 4 members (excludes halogenated alkanes) is 17. The molecule has 0 atom stereocenters. The second-order valence-corrected chi connectivity index (χ2v) is 9.42. The van der Waals surface area contributed by atoms with Crippen molar-refractivity contribution in [3.63, 3.8) is 0 Å². The lowest BCUT2D eigenvalue weighted by atomic mass is 10.0. The fourth-order valence-electron chi connectivity index (χ4n) is 4.66. The second-order valence-electron chi connectivity index (χ2n) is 9.42. The zero-order chi connectivity index (χ0) is 22.2. The van der Waals surface area contributed by atoms with Crippen LogP contribution in [0.25, 0.3) is 0 Å². The van der Waals surface area contributed by atoms with Crippen LogP contribution >= 0.6 is 0 Å². The van der Waals surface area contributed by atoms with Gasteiger partial charge in [-0.1, -0.05) is 110 Å². The van der Waals surface area contributed by atoms with E-state index < -0.39 is 0 Å². The van der Waals surface area contributed by atoms with E-state index in [0.717, 1.165) is 13.0 Å². The van der Waals surface area contributed by atoms with E-state index in [0.29, 0.717) is 24.1 Å². The maximum Gasteiger partial charge on any atom is 0.102 e. The summed E-state index contributed by atoms with van der Waals surface area (Å²) in [6, 6.07) is 0. The zero-order valence-electron chi connectivity index (χ0n) is 20.8. The molecule has 190 valence electrons. The number of rotatable bonds is 25. The molecule has 5 heteroatoms. The van der Waals surface area contributed by atoms with Gasteiger partial charge in [0.25, 0.3) is 0 Å². The molecule has 0 aliphatic heterocycles. The van der Waals surface area contributed by atoms with Gasteiger partial charge in [0.1, 0.15) is 19.6 Å². The summed E-state index contributed by atoms with van der Waals surface area (Å²) < 4.78 is 0.655. The van der Waals surface area contributed by atoms with Gasteiger partial charge in [0, 0.05) is 0 Å². The Balaban J connectivity index is 0. The molecule has 0 aromatic carbocycles. The Kier molecular flexibility index (Phi) is 28.7. The van der Waals surface area contributed by atoms with E-state index in [1.54, 1.807) is 0 Å². The van der Waals surface area contributed by atoms with Gasteiger partial charge in [0.15, 0.2) is 0 Å². The minimum Gasteiger partial charge on any atom is -1.00 e. The molecule has 3 N–H and O–H groups in total. The van der Waals surface area contributed by atoms with Crippen LogP contribution in [0.2, 0.25) is 0 Å². The van der Waals surface area contributed by atoms with Crippen molar-refractivity contribution < 1.29 is 36.8 Å². The number of aliphatic hydroxyl groups excluding tert-OH is 3. The molecule has 0 saturated heterocycles. The van der Waals surface area contributed by atoms with Crippen LogP contribution in [0.15, 0.2) is 0 Å². The molecule has 0 heterocycles. The fourth-order valence-corrected chi connectivity index (χ4v) is 4.66. The van der Waals surface area contributed by atoms with E-state index in [1.807, 2.05) is 0 Å². The lowest BCUT2D eigenvalue weighted by molar-refractivity contribution is -0.929. The quantitative estimate of drug-likeness (QED) is 0.131. The van der Waals surface area contributed by atoms with E-state index in [4.69, 9.17) is 0 Å². The number of hydrogen-bond acceptors (Lipinski definition) is 3. The molecule has 0 aromatic heterocycles. The van der Waals surface area contributed by atoms with Crippen molar-refractivity contribution >= 4 is 0 Å². The molecule has 0 aromatic rings. The van der Waals surface area contributed by atoms with E-state index in [1.165, 1.54) is 109 Å². The summed E-state index contributed by atoms with van der Waals surface area (Å²) in [5, 5.41) is 28.0. The average Bonchev–Trinajstić information content (AvgIpc) is 2.73. The summed E-state index contributed by atoms with van der Waals surface area (Å²) in [5.74, 6) is 0. The number of halogens is 1. The Morgan fingerprint density at radius 2 is 0.645 bits per heavy atom. The third-order valence-corrected chi connectivity index (χ3v) is 6.71. The Hall–Kier alpha value is 0.320. The van der Waals surface area contributed by atoms with Crippen molar-refractivity contribution in [3.8, 4) is 0 Å². The summed E-state index contributed by atoms with van der Waals surface area (Å²) in [4.78, 5) is 0. The molecule has 0 aliphatic carbocycles. The highest BCUT2D eigenvalue weighted by molar-refractivity contribution is 4.52. The number of hydrogen-bond donors (Lipinski definition) is 3. The number of quaternary nitrogens is 1. The molecule has 4 nitrogen and oxygen atoms in total. The normalized spacial score (nSPS) is 11.6. The molecule has 0 amide bonds. The molecule has 0 aliphatic rings. The fraction of sp³-hybridized carbons (Fsp3) is 1.00. The first kappa shape index (κ1) is 33.5. The summed E-state index contributed by atoms with van der Waals surface area (Å²) >= 11 is 0. The maximum absolute atomic E-state index is 9.33. The van der Waals surface area contributed by atoms with Crippen LogP contribution in [0, 0.1) is 0 Å². The van der Waals surface area contributed by atoms with Gasteiger partial charge < -0.3 is 36.8 Å². The predicted molar refractivity (Wildman–Crippen MR) is 130 cm³/mol. The van der Waals surface area contributed by atoms with Crippen LogP contribution in [0.1, 0.15) is 122 Å². The molecular weight excluding hydrogens is 454 g/mol.